The minimum absolute atomic E-state index is 0.164. The summed E-state index contributed by atoms with van der Waals surface area (Å²) in [7, 11) is 3.65. The first-order valence-electron chi connectivity index (χ1n) is 10.5. The average molecular weight is 454 g/mol. The summed E-state index contributed by atoms with van der Waals surface area (Å²) < 4.78 is 17.5. The van der Waals surface area contributed by atoms with Crippen molar-refractivity contribution in [1.82, 2.24) is 9.62 Å². The molecule has 0 heterocycles. The molecule has 0 spiro atoms. The highest BCUT2D eigenvalue weighted by atomic mass is 32.2. The van der Waals surface area contributed by atoms with E-state index in [-0.39, 0.29) is 17.2 Å². The van der Waals surface area contributed by atoms with Gasteiger partial charge in [0.15, 0.2) is 0 Å². The molecule has 1 saturated carbocycles. The van der Waals surface area contributed by atoms with Crippen LogP contribution in [0.3, 0.4) is 0 Å². The molecule has 2 rings (SSSR count). The monoisotopic (exact) mass is 453 g/mol. The highest BCUT2D eigenvalue weighted by Gasteiger charge is 2.45. The van der Waals surface area contributed by atoms with Crippen LogP contribution in [-0.2, 0) is 4.79 Å². The van der Waals surface area contributed by atoms with Crippen LogP contribution < -0.4 is 10.0 Å². The Morgan fingerprint density at radius 2 is 2.00 bits per heavy atom. The van der Waals surface area contributed by atoms with Crippen molar-refractivity contribution < 1.29 is 19.4 Å². The van der Waals surface area contributed by atoms with Gasteiger partial charge in [-0.05, 0) is 74.4 Å². The molecule has 0 aliphatic heterocycles. The van der Waals surface area contributed by atoms with E-state index in [1.54, 1.807) is 24.0 Å². The van der Waals surface area contributed by atoms with Crippen LogP contribution in [-0.4, -0.2) is 53.0 Å². The van der Waals surface area contributed by atoms with Crippen molar-refractivity contribution in [2.24, 2.45) is 0 Å². The summed E-state index contributed by atoms with van der Waals surface area (Å²) in [6.45, 7) is 7.25. The summed E-state index contributed by atoms with van der Waals surface area (Å²) in [6, 6.07) is 4.96. The predicted octanol–water partition coefficient (Wildman–Crippen LogP) is 3.96. The number of hydrogen-bond donors (Lipinski definition) is 4. The minimum atomic E-state index is -0.764. The van der Waals surface area contributed by atoms with E-state index in [1.165, 1.54) is 18.0 Å². The quantitative estimate of drug-likeness (QED) is 0.175. The first kappa shape index (κ1) is 27.0. The number of carbonyl (C=O) groups excluding carboxylic acids is 1. The van der Waals surface area contributed by atoms with Gasteiger partial charge in [-0.25, -0.2) is 4.39 Å². The normalized spacial score (nSPS) is 16.4. The number of anilines is 1. The Hall–Kier alpha value is -2.03. The Kier molecular flexibility index (Phi) is 11.1. The van der Waals surface area contributed by atoms with Gasteiger partial charge in [-0.15, -0.1) is 0 Å². The topological polar surface area (TPSA) is 84.8 Å². The van der Waals surface area contributed by atoms with Gasteiger partial charge < -0.3 is 25.2 Å². The maximum atomic E-state index is 14.4. The number of rotatable bonds is 11. The number of nitrogens with zero attached hydrogens (tertiary/aromatic N) is 1. The Morgan fingerprint density at radius 1 is 1.35 bits per heavy atom. The van der Waals surface area contributed by atoms with Crippen LogP contribution >= 0.6 is 11.9 Å². The molecule has 31 heavy (non-hydrogen) atoms. The molecule has 4 N–H and O–H groups in total. The van der Waals surface area contributed by atoms with E-state index < -0.39 is 6.10 Å². The van der Waals surface area contributed by atoms with Gasteiger partial charge in [0.1, 0.15) is 17.9 Å². The smallest absolute Gasteiger partial charge is 0.146 e. The maximum absolute atomic E-state index is 14.4. The van der Waals surface area contributed by atoms with Crippen molar-refractivity contribution in [1.29, 1.82) is 0 Å². The number of hydrogen-bond acceptors (Lipinski definition) is 7. The lowest BCUT2D eigenvalue weighted by Gasteiger charge is -2.25. The van der Waals surface area contributed by atoms with Crippen LogP contribution in [0.5, 0.6) is 0 Å². The molecular weight excluding hydrogens is 417 g/mol. The van der Waals surface area contributed by atoms with Crippen LogP contribution in [0.15, 0.2) is 41.4 Å². The Labute approximate surface area is 189 Å². The summed E-state index contributed by atoms with van der Waals surface area (Å²) in [6.07, 6.45) is 4.01. The Bertz CT molecular complexity index is 792. The van der Waals surface area contributed by atoms with E-state index in [2.05, 4.69) is 10.0 Å². The molecule has 1 aliphatic rings. The van der Waals surface area contributed by atoms with Gasteiger partial charge in [-0.3, -0.25) is 4.79 Å². The van der Waals surface area contributed by atoms with E-state index in [0.717, 1.165) is 24.7 Å². The molecule has 1 aromatic carbocycles. The summed E-state index contributed by atoms with van der Waals surface area (Å²) >= 11 is 1.46. The number of aliphatic hydroxyl groups excluding tert-OH is 2. The fraction of sp³-hybridized carbons (Fsp3) is 0.522. The number of nitrogens with one attached hydrogen (secondary N) is 2. The molecule has 1 aromatic rings. The summed E-state index contributed by atoms with van der Waals surface area (Å²) in [5.74, 6) is 0.233. The van der Waals surface area contributed by atoms with E-state index >= 15 is 0 Å². The third kappa shape index (κ3) is 8.55. The van der Waals surface area contributed by atoms with Crippen molar-refractivity contribution >= 4 is 23.9 Å². The zero-order chi connectivity index (χ0) is 23.6. The first-order valence-corrected chi connectivity index (χ1v) is 11.3. The van der Waals surface area contributed by atoms with Crippen LogP contribution in [0.4, 0.5) is 10.1 Å². The Morgan fingerprint density at radius 3 is 2.48 bits per heavy atom. The summed E-state index contributed by atoms with van der Waals surface area (Å²) in [5.41, 5.74) is 2.29. The van der Waals surface area contributed by atoms with Crippen LogP contribution in [0.25, 0.3) is 0 Å². The molecule has 6 nitrogen and oxygen atoms in total. The van der Waals surface area contributed by atoms with Crippen LogP contribution in [0, 0.1) is 12.7 Å². The second-order valence-electron chi connectivity index (χ2n) is 7.70. The van der Waals surface area contributed by atoms with E-state index in [9.17, 15) is 14.3 Å². The molecule has 0 aromatic heterocycles. The number of benzene rings is 1. The molecule has 174 valence electrons. The van der Waals surface area contributed by atoms with Gasteiger partial charge in [0, 0.05) is 18.8 Å². The zero-order valence-electron chi connectivity index (χ0n) is 19.3. The standard InChI is InChI=1S/C21H30FN3O3S.C2H6/c1-14-5-6-18(17(22)9-14)23-20(25(3)4)19(10-15(2)12-26)24-29-21(7-8-21)11-16(28)13-27;1-2/h5-6,9-10,12,16,23-24,27-28H,7-8,11,13H2,1-4H3;1-2H3/b15-10-,20-19+;. The van der Waals surface area contributed by atoms with Crippen molar-refractivity contribution in [3.8, 4) is 0 Å². The number of halogens is 1. The lowest BCUT2D eigenvalue weighted by Crippen LogP contribution is -2.27. The van der Waals surface area contributed by atoms with Crippen LogP contribution in [0.1, 0.15) is 45.6 Å². The van der Waals surface area contributed by atoms with Crippen molar-refractivity contribution in [2.45, 2.75) is 57.8 Å². The van der Waals surface area contributed by atoms with E-state index in [0.29, 0.717) is 29.2 Å². The van der Waals surface area contributed by atoms with Gasteiger partial charge in [0.25, 0.3) is 0 Å². The summed E-state index contributed by atoms with van der Waals surface area (Å²) in [4.78, 5) is 13.0. The third-order valence-electron chi connectivity index (χ3n) is 4.64. The van der Waals surface area contributed by atoms with Gasteiger partial charge in [-0.2, -0.15) is 0 Å². The highest BCUT2D eigenvalue weighted by Crippen LogP contribution is 2.51. The highest BCUT2D eigenvalue weighted by molar-refractivity contribution is 7.99. The SMILES string of the molecule is C/C(C=O)=C/C(NSC1(CC(O)CO)CC1)=C(/Nc1ccc(C)cc1F)N(C)C.CC. The fourth-order valence-electron chi connectivity index (χ4n) is 2.82. The second kappa shape index (κ2) is 12.7. The molecule has 0 amide bonds. The molecule has 1 atom stereocenters. The molecule has 1 aliphatic carbocycles. The van der Waals surface area contributed by atoms with E-state index in [4.69, 9.17) is 5.11 Å². The average Bonchev–Trinajstić information content (AvgIpc) is 3.51. The van der Waals surface area contributed by atoms with E-state index in [1.807, 2.05) is 40.9 Å². The molecule has 1 unspecified atom stereocenters. The fourth-order valence-corrected chi connectivity index (χ4v) is 3.89. The molecular formula is C23H36FN3O3S. The molecule has 0 bridgehead atoms. The molecule has 0 saturated heterocycles. The number of carbonyl (C=O) groups is 1. The number of allylic oxidation sites excluding steroid dienone is 2. The maximum Gasteiger partial charge on any atom is 0.146 e. The minimum Gasteiger partial charge on any atom is -0.394 e. The summed E-state index contributed by atoms with van der Waals surface area (Å²) in [5, 5.41) is 22.1. The number of aryl methyl sites for hydroxylation is 1. The molecule has 1 fully saturated rings. The molecule has 8 heteroatoms. The van der Waals surface area contributed by atoms with Crippen molar-refractivity contribution in [3.63, 3.8) is 0 Å². The lowest BCUT2D eigenvalue weighted by molar-refractivity contribution is -0.104. The van der Waals surface area contributed by atoms with Crippen molar-refractivity contribution in [2.75, 3.05) is 26.0 Å². The largest absolute Gasteiger partial charge is 0.394 e. The van der Waals surface area contributed by atoms with Crippen LogP contribution in [0.2, 0.25) is 0 Å². The Balaban J connectivity index is 0.00000233. The van der Waals surface area contributed by atoms with Gasteiger partial charge in [0.05, 0.1) is 24.1 Å². The second-order valence-corrected chi connectivity index (χ2v) is 8.97. The third-order valence-corrected chi connectivity index (χ3v) is 5.97. The van der Waals surface area contributed by atoms with Gasteiger partial charge >= 0.3 is 0 Å². The number of aldehydes is 1. The predicted molar refractivity (Wildman–Crippen MR) is 127 cm³/mol. The van der Waals surface area contributed by atoms with Crippen molar-refractivity contribution in [3.05, 3.63) is 52.7 Å². The molecule has 0 radical (unpaired) electrons. The zero-order valence-corrected chi connectivity index (χ0v) is 20.1. The number of aliphatic hydroxyl groups is 2. The van der Waals surface area contributed by atoms with Gasteiger partial charge in [-0.1, -0.05) is 19.9 Å². The van der Waals surface area contributed by atoms with Gasteiger partial charge in [0.2, 0.25) is 0 Å². The first-order chi connectivity index (χ1) is 14.7. The lowest BCUT2D eigenvalue weighted by atomic mass is 10.2.